The summed E-state index contributed by atoms with van der Waals surface area (Å²) < 4.78 is 5.64. The highest BCUT2D eigenvalue weighted by Gasteiger charge is 2.12. The smallest absolute Gasteiger partial charge is 0.129 e. The molecule has 0 aliphatic carbocycles. The number of rotatable bonds is 9. The van der Waals surface area contributed by atoms with Crippen molar-refractivity contribution < 1.29 is 9.84 Å². The number of aliphatic hydroxyl groups is 1. The van der Waals surface area contributed by atoms with Crippen molar-refractivity contribution in [1.29, 1.82) is 0 Å². The summed E-state index contributed by atoms with van der Waals surface area (Å²) in [7, 11) is 0. The van der Waals surface area contributed by atoms with Crippen LogP contribution in [0.1, 0.15) is 25.8 Å². The van der Waals surface area contributed by atoms with Gasteiger partial charge in [0.05, 0.1) is 5.56 Å². The molecule has 0 saturated heterocycles. The van der Waals surface area contributed by atoms with Crippen LogP contribution in [0.25, 0.3) is 0 Å². The molecule has 1 aromatic carbocycles. The molecule has 20 heavy (non-hydrogen) atoms. The van der Waals surface area contributed by atoms with Crippen molar-refractivity contribution in [2.45, 2.75) is 26.4 Å². The Hall–Kier alpha value is -1.17. The molecule has 4 nitrogen and oxygen atoms in total. The minimum Gasteiger partial charge on any atom is -0.490 e. The van der Waals surface area contributed by atoms with Gasteiger partial charge in [-0.3, -0.25) is 0 Å². The van der Waals surface area contributed by atoms with E-state index in [1.54, 1.807) is 0 Å². The first-order valence-corrected chi connectivity index (χ1v) is 7.41. The molecule has 0 heterocycles. The summed E-state index contributed by atoms with van der Waals surface area (Å²) in [5.74, 6) is 0.623. The van der Waals surface area contributed by atoms with E-state index in [4.69, 9.17) is 22.7 Å². The number of nitrogens with two attached hydrogens (primary N) is 1. The van der Waals surface area contributed by atoms with E-state index in [0.717, 1.165) is 19.5 Å². The standard InChI is InChI=1S/C15H24N2O2S/c1-3-9-17(4-2)10-12(18)11-19-14-8-6-5-7-13(14)15(16)20/h5-8,12,18H,3-4,9-11H2,1-2H3,(H2,16,20). The number of nitrogens with zero attached hydrogens (tertiary/aromatic N) is 1. The lowest BCUT2D eigenvalue weighted by Crippen LogP contribution is -2.36. The molecule has 1 aromatic rings. The van der Waals surface area contributed by atoms with Crippen LogP contribution in [0.2, 0.25) is 0 Å². The minimum absolute atomic E-state index is 0.236. The first-order valence-electron chi connectivity index (χ1n) is 7.00. The van der Waals surface area contributed by atoms with Gasteiger partial charge in [-0.15, -0.1) is 0 Å². The second kappa shape index (κ2) is 8.89. The number of ether oxygens (including phenoxy) is 1. The fraction of sp³-hybridized carbons (Fsp3) is 0.533. The molecular weight excluding hydrogens is 272 g/mol. The Labute approximate surface area is 126 Å². The van der Waals surface area contributed by atoms with Crippen molar-refractivity contribution in [2.24, 2.45) is 5.73 Å². The molecule has 0 bridgehead atoms. The van der Waals surface area contributed by atoms with Crippen LogP contribution < -0.4 is 10.5 Å². The molecule has 1 atom stereocenters. The molecule has 1 unspecified atom stereocenters. The summed E-state index contributed by atoms with van der Waals surface area (Å²) in [4.78, 5) is 2.50. The van der Waals surface area contributed by atoms with Gasteiger partial charge >= 0.3 is 0 Å². The lowest BCUT2D eigenvalue weighted by Gasteiger charge is -2.23. The number of hydrogen-bond acceptors (Lipinski definition) is 4. The van der Waals surface area contributed by atoms with Gasteiger partial charge in [-0.1, -0.05) is 38.2 Å². The van der Waals surface area contributed by atoms with Crippen molar-refractivity contribution >= 4 is 17.2 Å². The quantitative estimate of drug-likeness (QED) is 0.680. The van der Waals surface area contributed by atoms with E-state index >= 15 is 0 Å². The highest BCUT2D eigenvalue weighted by molar-refractivity contribution is 7.80. The van der Waals surface area contributed by atoms with E-state index in [9.17, 15) is 5.11 Å². The maximum absolute atomic E-state index is 10.0. The third-order valence-electron chi connectivity index (χ3n) is 3.04. The van der Waals surface area contributed by atoms with Crippen LogP contribution in [0.4, 0.5) is 0 Å². The number of para-hydroxylation sites is 1. The molecule has 0 amide bonds. The van der Waals surface area contributed by atoms with Crippen LogP contribution in [-0.2, 0) is 0 Å². The van der Waals surface area contributed by atoms with Crippen LogP contribution in [0.3, 0.4) is 0 Å². The zero-order valence-corrected chi connectivity index (χ0v) is 13.0. The van der Waals surface area contributed by atoms with Crippen molar-refractivity contribution in [3.05, 3.63) is 29.8 Å². The second-order valence-electron chi connectivity index (χ2n) is 4.72. The molecule has 5 heteroatoms. The Morgan fingerprint density at radius 1 is 1.40 bits per heavy atom. The lowest BCUT2D eigenvalue weighted by molar-refractivity contribution is 0.0699. The fourth-order valence-corrected chi connectivity index (χ4v) is 2.20. The van der Waals surface area contributed by atoms with E-state index in [-0.39, 0.29) is 6.61 Å². The van der Waals surface area contributed by atoms with Crippen LogP contribution in [0, 0.1) is 0 Å². The van der Waals surface area contributed by atoms with Gasteiger partial charge in [-0.2, -0.15) is 0 Å². The fourth-order valence-electron chi connectivity index (χ4n) is 2.03. The van der Waals surface area contributed by atoms with Gasteiger partial charge in [0.2, 0.25) is 0 Å². The SMILES string of the molecule is CCCN(CC)CC(O)COc1ccccc1C(N)=S. The van der Waals surface area contributed by atoms with Gasteiger partial charge in [0, 0.05) is 6.54 Å². The maximum Gasteiger partial charge on any atom is 0.129 e. The monoisotopic (exact) mass is 296 g/mol. The normalized spacial score (nSPS) is 12.4. The molecule has 112 valence electrons. The number of hydrogen-bond donors (Lipinski definition) is 2. The first kappa shape index (κ1) is 16.9. The van der Waals surface area contributed by atoms with Crippen LogP contribution in [0.15, 0.2) is 24.3 Å². The Morgan fingerprint density at radius 2 is 2.10 bits per heavy atom. The predicted octanol–water partition coefficient (Wildman–Crippen LogP) is 1.79. The minimum atomic E-state index is -0.527. The predicted molar refractivity (Wildman–Crippen MR) is 86.2 cm³/mol. The maximum atomic E-state index is 10.0. The van der Waals surface area contributed by atoms with Crippen molar-refractivity contribution in [1.82, 2.24) is 4.90 Å². The molecule has 0 radical (unpaired) electrons. The van der Waals surface area contributed by atoms with Crippen molar-refractivity contribution in [3.8, 4) is 5.75 Å². The average Bonchev–Trinajstić information content (AvgIpc) is 2.44. The molecule has 0 saturated carbocycles. The van der Waals surface area contributed by atoms with Gasteiger partial charge in [0.15, 0.2) is 0 Å². The number of benzene rings is 1. The number of thiocarbonyl (C=S) groups is 1. The molecular formula is C15H24N2O2S. The number of aliphatic hydroxyl groups excluding tert-OH is 1. The number of likely N-dealkylation sites (N-methyl/N-ethyl adjacent to an activating group) is 1. The highest BCUT2D eigenvalue weighted by Crippen LogP contribution is 2.17. The first-order chi connectivity index (χ1) is 9.58. The van der Waals surface area contributed by atoms with Crippen molar-refractivity contribution in [2.75, 3.05) is 26.2 Å². The van der Waals surface area contributed by atoms with E-state index in [0.29, 0.717) is 22.8 Å². The van der Waals surface area contributed by atoms with E-state index in [1.807, 2.05) is 24.3 Å². The summed E-state index contributed by atoms with van der Waals surface area (Å²) >= 11 is 4.98. The Balaban J connectivity index is 2.52. The molecule has 0 spiro atoms. The largest absolute Gasteiger partial charge is 0.490 e. The van der Waals surface area contributed by atoms with Gasteiger partial charge in [0.25, 0.3) is 0 Å². The van der Waals surface area contributed by atoms with Crippen LogP contribution in [-0.4, -0.2) is 47.3 Å². The van der Waals surface area contributed by atoms with Crippen LogP contribution >= 0.6 is 12.2 Å². The molecule has 0 aromatic heterocycles. The molecule has 1 rings (SSSR count). The molecule has 0 fully saturated rings. The molecule has 3 N–H and O–H groups in total. The third-order valence-corrected chi connectivity index (χ3v) is 3.26. The third kappa shape index (κ3) is 5.45. The molecule has 0 aliphatic rings. The Morgan fingerprint density at radius 3 is 2.70 bits per heavy atom. The second-order valence-corrected chi connectivity index (χ2v) is 5.16. The summed E-state index contributed by atoms with van der Waals surface area (Å²) in [5, 5.41) is 10.0. The van der Waals surface area contributed by atoms with Gasteiger partial charge in [-0.25, -0.2) is 0 Å². The highest BCUT2D eigenvalue weighted by atomic mass is 32.1. The Bertz CT molecular complexity index is 426. The summed E-state index contributed by atoms with van der Waals surface area (Å²) in [5.41, 5.74) is 6.35. The van der Waals surface area contributed by atoms with Gasteiger partial charge < -0.3 is 20.5 Å². The van der Waals surface area contributed by atoms with Crippen LogP contribution in [0.5, 0.6) is 5.75 Å². The van der Waals surface area contributed by atoms with Gasteiger partial charge in [-0.05, 0) is 31.6 Å². The zero-order valence-electron chi connectivity index (χ0n) is 12.2. The van der Waals surface area contributed by atoms with E-state index < -0.39 is 6.10 Å². The van der Waals surface area contributed by atoms with Gasteiger partial charge in [0.1, 0.15) is 23.4 Å². The summed E-state index contributed by atoms with van der Waals surface area (Å²) in [6, 6.07) is 7.35. The summed E-state index contributed by atoms with van der Waals surface area (Å²) in [6.07, 6.45) is 0.548. The topological polar surface area (TPSA) is 58.7 Å². The lowest BCUT2D eigenvalue weighted by atomic mass is 10.2. The molecule has 0 aliphatic heterocycles. The van der Waals surface area contributed by atoms with E-state index in [1.165, 1.54) is 0 Å². The summed E-state index contributed by atoms with van der Waals surface area (Å²) in [6.45, 7) is 6.97. The average molecular weight is 296 g/mol. The van der Waals surface area contributed by atoms with Crippen molar-refractivity contribution in [3.63, 3.8) is 0 Å². The van der Waals surface area contributed by atoms with E-state index in [2.05, 4.69) is 18.7 Å². The Kier molecular flexibility index (Phi) is 7.51. The zero-order chi connectivity index (χ0) is 15.0.